The summed E-state index contributed by atoms with van der Waals surface area (Å²) in [4.78, 5) is 40.5. The molecule has 0 radical (unpaired) electrons. The lowest BCUT2D eigenvalue weighted by atomic mass is 9.79. The summed E-state index contributed by atoms with van der Waals surface area (Å²) in [5.74, 6) is -1.79. The van der Waals surface area contributed by atoms with E-state index in [1.807, 2.05) is 12.1 Å². The number of nitrogens with zero attached hydrogens (tertiary/aromatic N) is 1. The van der Waals surface area contributed by atoms with E-state index < -0.39 is 23.8 Å². The predicted molar refractivity (Wildman–Crippen MR) is 126 cm³/mol. The molecule has 0 saturated carbocycles. The van der Waals surface area contributed by atoms with Crippen LogP contribution >= 0.6 is 0 Å². The molecule has 0 fully saturated rings. The lowest BCUT2D eigenvalue weighted by molar-refractivity contribution is -0.141. The maximum absolute atomic E-state index is 13.7. The van der Waals surface area contributed by atoms with Gasteiger partial charge in [0.2, 0.25) is 5.91 Å². The summed E-state index contributed by atoms with van der Waals surface area (Å²) in [7, 11) is 2.80. The van der Waals surface area contributed by atoms with Crippen LogP contribution in [0.1, 0.15) is 39.0 Å². The minimum atomic E-state index is -0.803. The topological polar surface area (TPSA) is 84.9 Å². The molecule has 1 aliphatic rings. The maximum atomic E-state index is 13.7. The fourth-order valence-corrected chi connectivity index (χ4v) is 4.35. The molecular formula is C27H25FN2O5. The number of halogens is 1. The molecular weight excluding hydrogens is 451 g/mol. The Kier molecular flexibility index (Phi) is 7.10. The summed E-state index contributed by atoms with van der Waals surface area (Å²) in [6, 6.07) is 19.3. The van der Waals surface area contributed by atoms with Crippen LogP contribution in [0.3, 0.4) is 0 Å². The number of carbonyl (C=O) groups is 3. The maximum Gasteiger partial charge on any atom is 0.325 e. The number of rotatable bonds is 7. The number of amides is 2. The molecule has 2 atom stereocenters. The monoisotopic (exact) mass is 476 g/mol. The number of nitrogens with one attached hydrogen (secondary N) is 1. The molecule has 35 heavy (non-hydrogen) atoms. The summed E-state index contributed by atoms with van der Waals surface area (Å²) < 4.78 is 23.4. The lowest BCUT2D eigenvalue weighted by Gasteiger charge is -2.42. The number of ether oxygens (including phenoxy) is 2. The smallest absolute Gasteiger partial charge is 0.325 e. The molecule has 0 unspecified atom stereocenters. The van der Waals surface area contributed by atoms with Crippen LogP contribution in [0.15, 0.2) is 72.8 Å². The predicted octanol–water partition coefficient (Wildman–Crippen LogP) is 3.60. The minimum Gasteiger partial charge on any atom is -0.497 e. The van der Waals surface area contributed by atoms with Gasteiger partial charge in [0.15, 0.2) is 0 Å². The van der Waals surface area contributed by atoms with Gasteiger partial charge in [-0.25, -0.2) is 4.39 Å². The van der Waals surface area contributed by atoms with Crippen molar-refractivity contribution in [2.24, 2.45) is 0 Å². The molecule has 1 aliphatic heterocycles. The van der Waals surface area contributed by atoms with Gasteiger partial charge in [0, 0.05) is 12.1 Å². The van der Waals surface area contributed by atoms with Crippen molar-refractivity contribution in [1.29, 1.82) is 0 Å². The number of carbonyl (C=O) groups excluding carboxylic acids is 3. The van der Waals surface area contributed by atoms with Gasteiger partial charge in [-0.05, 0) is 47.0 Å². The largest absolute Gasteiger partial charge is 0.497 e. The third kappa shape index (κ3) is 5.01. The van der Waals surface area contributed by atoms with Gasteiger partial charge in [-0.15, -0.1) is 0 Å². The van der Waals surface area contributed by atoms with Crippen molar-refractivity contribution < 1.29 is 28.2 Å². The second-order valence-corrected chi connectivity index (χ2v) is 8.14. The highest BCUT2D eigenvalue weighted by atomic mass is 19.1. The van der Waals surface area contributed by atoms with Crippen LogP contribution in [-0.4, -0.2) is 43.4 Å². The van der Waals surface area contributed by atoms with Crippen LogP contribution in [-0.2, 0) is 20.9 Å². The minimum absolute atomic E-state index is 0.158. The second-order valence-electron chi connectivity index (χ2n) is 8.14. The third-order valence-corrected chi connectivity index (χ3v) is 6.08. The molecule has 1 N–H and O–H groups in total. The van der Waals surface area contributed by atoms with Gasteiger partial charge in [0.1, 0.15) is 18.1 Å². The summed E-state index contributed by atoms with van der Waals surface area (Å²) >= 11 is 0. The van der Waals surface area contributed by atoms with Crippen LogP contribution in [0.4, 0.5) is 4.39 Å². The van der Waals surface area contributed by atoms with E-state index in [9.17, 15) is 18.8 Å². The first-order valence-corrected chi connectivity index (χ1v) is 11.1. The van der Waals surface area contributed by atoms with E-state index in [2.05, 4.69) is 10.1 Å². The SMILES string of the molecule is COC(=O)CNC(=O)[C@H]1c2ccccc2C(=O)N(Cc2ccc(F)cc2)[C@@H]1c1ccc(OC)cc1. The summed E-state index contributed by atoms with van der Waals surface area (Å²) in [5.41, 5.74) is 2.40. The molecule has 0 bridgehead atoms. The van der Waals surface area contributed by atoms with Gasteiger partial charge in [-0.1, -0.05) is 42.5 Å². The average Bonchev–Trinajstić information content (AvgIpc) is 2.89. The summed E-state index contributed by atoms with van der Waals surface area (Å²) in [5, 5.41) is 2.65. The molecule has 8 heteroatoms. The number of esters is 1. The Labute approximate surface area is 202 Å². The lowest BCUT2D eigenvalue weighted by Crippen LogP contribution is -2.47. The van der Waals surface area contributed by atoms with Crippen molar-refractivity contribution in [3.63, 3.8) is 0 Å². The number of fused-ring (bicyclic) bond motifs is 1. The van der Waals surface area contributed by atoms with E-state index in [4.69, 9.17) is 4.74 Å². The van der Waals surface area contributed by atoms with Crippen LogP contribution < -0.4 is 10.1 Å². The fourth-order valence-electron chi connectivity index (χ4n) is 4.35. The Morgan fingerprint density at radius 3 is 2.31 bits per heavy atom. The number of methoxy groups -OCH3 is 2. The van der Waals surface area contributed by atoms with Crippen molar-refractivity contribution in [2.45, 2.75) is 18.5 Å². The first kappa shape index (κ1) is 23.9. The van der Waals surface area contributed by atoms with E-state index in [1.54, 1.807) is 60.5 Å². The van der Waals surface area contributed by atoms with Crippen LogP contribution in [0.5, 0.6) is 5.75 Å². The van der Waals surface area contributed by atoms with Gasteiger partial charge >= 0.3 is 5.97 Å². The van der Waals surface area contributed by atoms with E-state index in [0.717, 1.165) is 0 Å². The molecule has 1 heterocycles. The zero-order valence-electron chi connectivity index (χ0n) is 19.4. The van der Waals surface area contributed by atoms with E-state index >= 15 is 0 Å². The number of hydrogen-bond acceptors (Lipinski definition) is 5. The standard InChI is InChI=1S/C27H25FN2O5/c1-34-20-13-9-18(10-14-20)25-24(26(32)29-15-23(31)35-2)21-5-3-4-6-22(21)27(33)30(25)16-17-7-11-19(28)12-8-17/h3-14,24-25H,15-16H2,1-2H3,(H,29,32)/t24-,25+/m0/s1. The summed E-state index contributed by atoms with van der Waals surface area (Å²) in [6.45, 7) is -0.139. The Hall–Kier alpha value is -4.20. The van der Waals surface area contributed by atoms with E-state index in [-0.39, 0.29) is 24.8 Å². The van der Waals surface area contributed by atoms with Crippen molar-refractivity contribution in [2.75, 3.05) is 20.8 Å². The average molecular weight is 477 g/mol. The normalized spacial score (nSPS) is 16.9. The first-order valence-electron chi connectivity index (χ1n) is 11.1. The molecule has 3 aromatic rings. The Balaban J connectivity index is 1.82. The molecule has 2 amide bonds. The number of benzene rings is 3. The van der Waals surface area contributed by atoms with Crippen LogP contribution in [0.2, 0.25) is 0 Å². The second kappa shape index (κ2) is 10.4. The van der Waals surface area contributed by atoms with Gasteiger partial charge < -0.3 is 19.7 Å². The highest BCUT2D eigenvalue weighted by Gasteiger charge is 2.44. The molecule has 4 rings (SSSR count). The molecule has 180 valence electrons. The van der Waals surface area contributed by atoms with Crippen LogP contribution in [0.25, 0.3) is 0 Å². The van der Waals surface area contributed by atoms with Gasteiger partial charge in [0.05, 0.1) is 26.2 Å². The van der Waals surface area contributed by atoms with E-state index in [0.29, 0.717) is 28.0 Å². The zero-order chi connectivity index (χ0) is 24.9. The highest BCUT2D eigenvalue weighted by molar-refractivity contribution is 6.01. The fraction of sp³-hybridized carbons (Fsp3) is 0.222. The zero-order valence-corrected chi connectivity index (χ0v) is 19.4. The molecule has 7 nitrogen and oxygen atoms in total. The Bertz CT molecular complexity index is 1230. The summed E-state index contributed by atoms with van der Waals surface area (Å²) in [6.07, 6.45) is 0. The van der Waals surface area contributed by atoms with Crippen LogP contribution in [0, 0.1) is 5.82 Å². The first-order chi connectivity index (χ1) is 16.9. The molecule has 0 saturated heterocycles. The van der Waals surface area contributed by atoms with Gasteiger partial charge in [0.25, 0.3) is 5.91 Å². The van der Waals surface area contributed by atoms with E-state index in [1.165, 1.54) is 19.2 Å². The van der Waals surface area contributed by atoms with Crippen molar-refractivity contribution in [3.8, 4) is 5.75 Å². The molecule has 0 aromatic heterocycles. The number of hydrogen-bond donors (Lipinski definition) is 1. The molecule has 3 aromatic carbocycles. The third-order valence-electron chi connectivity index (χ3n) is 6.08. The van der Waals surface area contributed by atoms with Gasteiger partial charge in [-0.3, -0.25) is 14.4 Å². The van der Waals surface area contributed by atoms with Crippen molar-refractivity contribution in [1.82, 2.24) is 10.2 Å². The molecule has 0 aliphatic carbocycles. The molecule has 0 spiro atoms. The Morgan fingerprint density at radius 1 is 0.971 bits per heavy atom. The Morgan fingerprint density at radius 2 is 1.66 bits per heavy atom. The van der Waals surface area contributed by atoms with Crippen molar-refractivity contribution >= 4 is 17.8 Å². The van der Waals surface area contributed by atoms with Crippen molar-refractivity contribution in [3.05, 3.63) is 101 Å². The van der Waals surface area contributed by atoms with Gasteiger partial charge in [-0.2, -0.15) is 0 Å². The quantitative estimate of drug-likeness (QED) is 0.527. The highest BCUT2D eigenvalue weighted by Crippen LogP contribution is 2.43.